The second-order valence-electron chi connectivity index (χ2n) is 2.37. The first-order valence-corrected chi connectivity index (χ1v) is 3.64. The molecule has 12 heavy (non-hydrogen) atoms. The number of halogens is 2. The van der Waals surface area contributed by atoms with Crippen molar-refractivity contribution in [3.63, 3.8) is 0 Å². The number of carbonyl (C=O) groups is 1. The van der Waals surface area contributed by atoms with Gasteiger partial charge in [0.15, 0.2) is 5.78 Å². The second kappa shape index (κ2) is 3.43. The van der Waals surface area contributed by atoms with Crippen molar-refractivity contribution in [2.24, 2.45) is 0 Å². The fourth-order valence-corrected chi connectivity index (χ4v) is 0.941. The van der Waals surface area contributed by atoms with Crippen LogP contribution in [0.1, 0.15) is 23.7 Å². The first-order chi connectivity index (χ1) is 5.66. The molecule has 0 saturated carbocycles. The van der Waals surface area contributed by atoms with Crippen molar-refractivity contribution in [3.05, 3.63) is 35.4 Å². The standard InChI is InChI=1S/C9H8F2O/c1-2-8(12)9-6(10)4-3-5-7(9)11/h3-5H,2H2,1H3. The lowest BCUT2D eigenvalue weighted by Gasteiger charge is -2.00. The van der Waals surface area contributed by atoms with Gasteiger partial charge in [0.1, 0.15) is 11.6 Å². The molecule has 0 saturated heterocycles. The summed E-state index contributed by atoms with van der Waals surface area (Å²) in [5, 5.41) is 0. The summed E-state index contributed by atoms with van der Waals surface area (Å²) in [7, 11) is 0. The van der Waals surface area contributed by atoms with Crippen molar-refractivity contribution < 1.29 is 13.6 Å². The van der Waals surface area contributed by atoms with Crippen LogP contribution in [0.3, 0.4) is 0 Å². The predicted molar refractivity (Wildman–Crippen MR) is 41.0 cm³/mol. The van der Waals surface area contributed by atoms with Crippen LogP contribution in [0.5, 0.6) is 0 Å². The van der Waals surface area contributed by atoms with Crippen LogP contribution < -0.4 is 0 Å². The minimum absolute atomic E-state index is 0.109. The molecule has 0 N–H and O–H groups in total. The highest BCUT2D eigenvalue weighted by molar-refractivity contribution is 5.96. The molecule has 3 heteroatoms. The maximum atomic E-state index is 12.8. The number of hydrogen-bond acceptors (Lipinski definition) is 1. The van der Waals surface area contributed by atoms with Crippen LogP contribution in [0.15, 0.2) is 18.2 Å². The second-order valence-corrected chi connectivity index (χ2v) is 2.37. The molecule has 0 amide bonds. The van der Waals surface area contributed by atoms with E-state index < -0.39 is 23.0 Å². The van der Waals surface area contributed by atoms with Gasteiger partial charge in [-0.1, -0.05) is 13.0 Å². The van der Waals surface area contributed by atoms with Gasteiger partial charge in [0.2, 0.25) is 0 Å². The molecule has 0 atom stereocenters. The third-order valence-corrected chi connectivity index (χ3v) is 1.56. The van der Waals surface area contributed by atoms with E-state index in [2.05, 4.69) is 0 Å². The lowest BCUT2D eigenvalue weighted by Crippen LogP contribution is -2.03. The van der Waals surface area contributed by atoms with E-state index in [1.165, 1.54) is 6.07 Å². The van der Waals surface area contributed by atoms with Gasteiger partial charge in [-0.25, -0.2) is 8.78 Å². The maximum Gasteiger partial charge on any atom is 0.168 e. The van der Waals surface area contributed by atoms with Gasteiger partial charge in [-0.2, -0.15) is 0 Å². The molecule has 0 aromatic heterocycles. The number of carbonyl (C=O) groups excluding carboxylic acids is 1. The monoisotopic (exact) mass is 170 g/mol. The van der Waals surface area contributed by atoms with Gasteiger partial charge in [-0.05, 0) is 12.1 Å². The van der Waals surface area contributed by atoms with Crippen molar-refractivity contribution >= 4 is 5.78 Å². The van der Waals surface area contributed by atoms with E-state index >= 15 is 0 Å². The van der Waals surface area contributed by atoms with Crippen LogP contribution in [0, 0.1) is 11.6 Å². The van der Waals surface area contributed by atoms with Gasteiger partial charge in [0, 0.05) is 6.42 Å². The Bertz CT molecular complexity index is 287. The Labute approximate surface area is 69.0 Å². The minimum Gasteiger partial charge on any atom is -0.294 e. The van der Waals surface area contributed by atoms with Crippen LogP contribution in [0.2, 0.25) is 0 Å². The van der Waals surface area contributed by atoms with Crippen molar-refractivity contribution in [3.8, 4) is 0 Å². The molecule has 1 rings (SSSR count). The Morgan fingerprint density at radius 3 is 2.25 bits per heavy atom. The van der Waals surface area contributed by atoms with Gasteiger partial charge in [0.25, 0.3) is 0 Å². The number of benzene rings is 1. The lowest BCUT2D eigenvalue weighted by atomic mass is 10.1. The zero-order chi connectivity index (χ0) is 9.14. The molecule has 0 bridgehead atoms. The molecule has 0 aliphatic carbocycles. The minimum atomic E-state index is -0.790. The van der Waals surface area contributed by atoms with Crippen LogP contribution in [0.4, 0.5) is 8.78 Å². The number of ketones is 1. The molecular formula is C9H8F2O. The number of hydrogen-bond donors (Lipinski definition) is 0. The molecule has 0 spiro atoms. The van der Waals surface area contributed by atoms with Crippen LogP contribution in [-0.2, 0) is 0 Å². The van der Waals surface area contributed by atoms with Crippen molar-refractivity contribution in [1.82, 2.24) is 0 Å². The average Bonchev–Trinajstić information content (AvgIpc) is 2.03. The molecule has 0 fully saturated rings. The fourth-order valence-electron chi connectivity index (χ4n) is 0.941. The van der Waals surface area contributed by atoms with Gasteiger partial charge >= 0.3 is 0 Å². The predicted octanol–water partition coefficient (Wildman–Crippen LogP) is 2.56. The molecule has 1 aromatic rings. The smallest absolute Gasteiger partial charge is 0.168 e. The number of rotatable bonds is 2. The summed E-state index contributed by atoms with van der Waals surface area (Å²) < 4.78 is 25.7. The largest absolute Gasteiger partial charge is 0.294 e. The Balaban J connectivity index is 3.21. The van der Waals surface area contributed by atoms with E-state index in [1.54, 1.807) is 6.92 Å². The number of Topliss-reactive ketones (excluding diaryl/α,β-unsaturated/α-hetero) is 1. The van der Waals surface area contributed by atoms with Gasteiger partial charge in [-0.3, -0.25) is 4.79 Å². The van der Waals surface area contributed by atoms with Crippen LogP contribution in [0.25, 0.3) is 0 Å². The zero-order valence-electron chi connectivity index (χ0n) is 6.60. The zero-order valence-corrected chi connectivity index (χ0v) is 6.60. The molecule has 0 heterocycles. The van der Waals surface area contributed by atoms with Crippen LogP contribution >= 0.6 is 0 Å². The van der Waals surface area contributed by atoms with Crippen molar-refractivity contribution in [1.29, 1.82) is 0 Å². The molecule has 0 aliphatic heterocycles. The van der Waals surface area contributed by atoms with Gasteiger partial charge in [-0.15, -0.1) is 0 Å². The maximum absolute atomic E-state index is 12.8. The van der Waals surface area contributed by atoms with E-state index in [4.69, 9.17) is 0 Å². The summed E-state index contributed by atoms with van der Waals surface area (Å²) in [4.78, 5) is 11.0. The Kier molecular flexibility index (Phi) is 2.53. The van der Waals surface area contributed by atoms with E-state index in [1.807, 2.05) is 0 Å². The van der Waals surface area contributed by atoms with E-state index in [-0.39, 0.29) is 6.42 Å². The lowest BCUT2D eigenvalue weighted by molar-refractivity contribution is 0.0980. The SMILES string of the molecule is CCC(=O)c1c(F)cccc1F. The van der Waals surface area contributed by atoms with E-state index in [9.17, 15) is 13.6 Å². The molecular weight excluding hydrogens is 162 g/mol. The normalized spacial score (nSPS) is 9.92. The van der Waals surface area contributed by atoms with Gasteiger partial charge < -0.3 is 0 Å². The third kappa shape index (κ3) is 1.49. The highest BCUT2D eigenvalue weighted by Crippen LogP contribution is 2.13. The summed E-state index contributed by atoms with van der Waals surface area (Å²) in [6.07, 6.45) is 0.109. The van der Waals surface area contributed by atoms with Crippen molar-refractivity contribution in [2.45, 2.75) is 13.3 Å². The Morgan fingerprint density at radius 2 is 1.83 bits per heavy atom. The van der Waals surface area contributed by atoms with Crippen LogP contribution in [-0.4, -0.2) is 5.78 Å². The molecule has 1 aromatic carbocycles. The molecule has 0 unspecified atom stereocenters. The summed E-state index contributed by atoms with van der Waals surface area (Å²) in [5.74, 6) is -2.09. The quantitative estimate of drug-likeness (QED) is 0.623. The molecule has 0 aliphatic rings. The molecule has 64 valence electrons. The topological polar surface area (TPSA) is 17.1 Å². The molecule has 1 nitrogen and oxygen atoms in total. The first kappa shape index (κ1) is 8.84. The van der Waals surface area contributed by atoms with E-state index in [0.717, 1.165) is 12.1 Å². The van der Waals surface area contributed by atoms with Gasteiger partial charge in [0.05, 0.1) is 5.56 Å². The Hall–Kier alpha value is -1.25. The highest BCUT2D eigenvalue weighted by atomic mass is 19.1. The Morgan fingerprint density at radius 1 is 1.33 bits per heavy atom. The molecule has 0 radical (unpaired) electrons. The summed E-state index contributed by atoms with van der Waals surface area (Å²) in [5.41, 5.74) is -0.431. The summed E-state index contributed by atoms with van der Waals surface area (Å²) >= 11 is 0. The third-order valence-electron chi connectivity index (χ3n) is 1.56. The average molecular weight is 170 g/mol. The van der Waals surface area contributed by atoms with E-state index in [0.29, 0.717) is 0 Å². The summed E-state index contributed by atoms with van der Waals surface area (Å²) in [6.45, 7) is 1.56. The first-order valence-electron chi connectivity index (χ1n) is 3.64. The summed E-state index contributed by atoms with van der Waals surface area (Å²) in [6, 6.07) is 3.38. The van der Waals surface area contributed by atoms with Crippen molar-refractivity contribution in [2.75, 3.05) is 0 Å². The highest BCUT2D eigenvalue weighted by Gasteiger charge is 2.14. The fraction of sp³-hybridized carbons (Fsp3) is 0.222.